The van der Waals surface area contributed by atoms with Crippen LogP contribution in [0.5, 0.6) is 0 Å². The van der Waals surface area contributed by atoms with E-state index >= 15 is 0 Å². The second kappa shape index (κ2) is 10.9. The zero-order valence-corrected chi connectivity index (χ0v) is 16.4. The molecule has 4 N–H and O–H groups in total. The summed E-state index contributed by atoms with van der Waals surface area (Å²) < 4.78 is 4.47. The molecule has 1 aliphatic carbocycles. The van der Waals surface area contributed by atoms with Crippen molar-refractivity contribution in [2.75, 3.05) is 25.5 Å². The smallest absolute Gasteiger partial charge is 0.325 e. The first-order valence-electron chi connectivity index (χ1n) is 8.93. The summed E-state index contributed by atoms with van der Waals surface area (Å²) in [6.45, 7) is 0.342. The Bertz CT molecular complexity index is 643. The lowest BCUT2D eigenvalue weighted by Gasteiger charge is -2.35. The molecule has 0 spiro atoms. The number of esters is 1. The van der Waals surface area contributed by atoms with Crippen molar-refractivity contribution in [2.24, 2.45) is 11.1 Å². The molecule has 2 amide bonds. The number of nitrogens with one attached hydrogen (secondary N) is 2. The third-order valence-electron chi connectivity index (χ3n) is 4.93. The molecule has 1 saturated carbocycles. The van der Waals surface area contributed by atoms with Crippen molar-refractivity contribution in [1.82, 2.24) is 5.32 Å². The Morgan fingerprint density at radius 3 is 2.30 bits per heavy atom. The van der Waals surface area contributed by atoms with E-state index in [4.69, 9.17) is 5.73 Å². The molecule has 0 aromatic heterocycles. The summed E-state index contributed by atoms with van der Waals surface area (Å²) in [7, 11) is 1.26. The molecule has 1 aromatic rings. The third kappa shape index (κ3) is 6.84. The molecule has 0 aliphatic heterocycles. The molecular weight excluding hydrogens is 370 g/mol. The van der Waals surface area contributed by atoms with Crippen LogP contribution in [0, 0.1) is 5.41 Å². The largest absolute Gasteiger partial charge is 0.468 e. The minimum atomic E-state index is -0.515. The van der Waals surface area contributed by atoms with Gasteiger partial charge in [-0.1, -0.05) is 19.3 Å². The molecule has 1 fully saturated rings. The van der Waals surface area contributed by atoms with E-state index in [1.807, 2.05) is 0 Å². The Balaban J connectivity index is 0.00000364. The van der Waals surface area contributed by atoms with Crippen LogP contribution in [0.3, 0.4) is 0 Å². The molecule has 2 rings (SSSR count). The predicted molar refractivity (Wildman–Crippen MR) is 106 cm³/mol. The van der Waals surface area contributed by atoms with Crippen molar-refractivity contribution < 1.29 is 19.1 Å². The van der Waals surface area contributed by atoms with Gasteiger partial charge in [-0.25, -0.2) is 0 Å². The molecule has 0 radical (unpaired) electrons. The monoisotopic (exact) mass is 397 g/mol. The number of methoxy groups -OCH3 is 1. The standard InChI is InChI=1S/C19H27N3O4.ClH/c1-26-17(24)12-21-18(25)14-5-7-15(8-6-14)22-16(23)11-19(13-20)9-3-2-4-10-19;/h5-8H,2-4,9-13,20H2,1H3,(H,21,25)(H,22,23);1H. The lowest BCUT2D eigenvalue weighted by Crippen LogP contribution is -2.36. The van der Waals surface area contributed by atoms with Gasteiger partial charge in [-0.2, -0.15) is 0 Å². The molecule has 0 atom stereocenters. The second-order valence-corrected chi connectivity index (χ2v) is 6.83. The number of carbonyl (C=O) groups excluding carboxylic acids is 3. The number of carbonyl (C=O) groups is 3. The highest BCUT2D eigenvalue weighted by molar-refractivity contribution is 5.97. The quantitative estimate of drug-likeness (QED) is 0.611. The van der Waals surface area contributed by atoms with Crippen LogP contribution in [0.25, 0.3) is 0 Å². The first-order valence-corrected chi connectivity index (χ1v) is 8.93. The van der Waals surface area contributed by atoms with Crippen molar-refractivity contribution in [2.45, 2.75) is 38.5 Å². The Morgan fingerprint density at radius 2 is 1.74 bits per heavy atom. The summed E-state index contributed by atoms with van der Waals surface area (Å²) in [5, 5.41) is 5.34. The van der Waals surface area contributed by atoms with Gasteiger partial charge in [-0.05, 0) is 49.1 Å². The van der Waals surface area contributed by atoms with Gasteiger partial charge in [0.1, 0.15) is 6.54 Å². The molecular formula is C19H28ClN3O4. The van der Waals surface area contributed by atoms with Crippen LogP contribution in [-0.2, 0) is 14.3 Å². The first kappa shape index (κ1) is 22.9. The van der Waals surface area contributed by atoms with Gasteiger partial charge >= 0.3 is 5.97 Å². The number of anilines is 1. The van der Waals surface area contributed by atoms with E-state index in [1.54, 1.807) is 24.3 Å². The number of hydrogen-bond donors (Lipinski definition) is 3. The van der Waals surface area contributed by atoms with E-state index in [0.717, 1.165) is 25.7 Å². The van der Waals surface area contributed by atoms with Crippen molar-refractivity contribution in [1.29, 1.82) is 0 Å². The molecule has 1 aliphatic rings. The van der Waals surface area contributed by atoms with Crippen LogP contribution in [0.2, 0.25) is 0 Å². The van der Waals surface area contributed by atoms with E-state index in [-0.39, 0.29) is 36.2 Å². The van der Waals surface area contributed by atoms with Gasteiger partial charge in [0.2, 0.25) is 5.91 Å². The fourth-order valence-electron chi connectivity index (χ4n) is 3.33. The van der Waals surface area contributed by atoms with Gasteiger partial charge in [-0.15, -0.1) is 12.4 Å². The van der Waals surface area contributed by atoms with Gasteiger partial charge in [-0.3, -0.25) is 14.4 Å². The number of rotatable bonds is 7. The number of halogens is 1. The van der Waals surface area contributed by atoms with E-state index in [0.29, 0.717) is 24.2 Å². The topological polar surface area (TPSA) is 111 Å². The lowest BCUT2D eigenvalue weighted by molar-refractivity contribution is -0.139. The van der Waals surface area contributed by atoms with Crippen LogP contribution >= 0.6 is 12.4 Å². The molecule has 0 unspecified atom stereocenters. The van der Waals surface area contributed by atoms with Crippen molar-refractivity contribution >= 4 is 35.9 Å². The van der Waals surface area contributed by atoms with Gasteiger partial charge in [0.15, 0.2) is 0 Å². The molecule has 27 heavy (non-hydrogen) atoms. The number of hydrogen-bond acceptors (Lipinski definition) is 5. The van der Waals surface area contributed by atoms with Crippen molar-refractivity contribution in [3.05, 3.63) is 29.8 Å². The molecule has 1 aromatic carbocycles. The van der Waals surface area contributed by atoms with Gasteiger partial charge < -0.3 is 21.1 Å². The Kier molecular flexibility index (Phi) is 9.25. The van der Waals surface area contributed by atoms with Crippen LogP contribution < -0.4 is 16.4 Å². The zero-order chi connectivity index (χ0) is 19.0. The number of benzene rings is 1. The zero-order valence-electron chi connectivity index (χ0n) is 15.6. The van der Waals surface area contributed by atoms with Gasteiger partial charge in [0, 0.05) is 17.7 Å². The summed E-state index contributed by atoms with van der Waals surface area (Å²) in [5.74, 6) is -0.948. The summed E-state index contributed by atoms with van der Waals surface area (Å²) in [5.41, 5.74) is 6.88. The summed E-state index contributed by atoms with van der Waals surface area (Å²) in [4.78, 5) is 35.3. The Morgan fingerprint density at radius 1 is 1.11 bits per heavy atom. The maximum Gasteiger partial charge on any atom is 0.325 e. The number of ether oxygens (including phenoxy) is 1. The average molecular weight is 398 g/mol. The predicted octanol–water partition coefficient (Wildman–Crippen LogP) is 2.25. The molecule has 150 valence electrons. The lowest BCUT2D eigenvalue weighted by atomic mass is 9.71. The highest BCUT2D eigenvalue weighted by atomic mass is 35.5. The van der Waals surface area contributed by atoms with Gasteiger partial charge in [0.05, 0.1) is 7.11 Å². The molecule has 0 heterocycles. The number of amides is 2. The SMILES string of the molecule is COC(=O)CNC(=O)c1ccc(NC(=O)CC2(CN)CCCCC2)cc1.Cl. The van der Waals surface area contributed by atoms with Gasteiger partial charge in [0.25, 0.3) is 5.91 Å². The fraction of sp³-hybridized carbons (Fsp3) is 0.526. The maximum atomic E-state index is 12.4. The summed E-state index contributed by atoms with van der Waals surface area (Å²) in [6, 6.07) is 6.53. The van der Waals surface area contributed by atoms with Crippen LogP contribution in [0.4, 0.5) is 5.69 Å². The van der Waals surface area contributed by atoms with Crippen LogP contribution in [-0.4, -0.2) is 38.0 Å². The Hall–Kier alpha value is -2.12. The van der Waals surface area contributed by atoms with E-state index < -0.39 is 5.97 Å². The summed E-state index contributed by atoms with van der Waals surface area (Å²) in [6.07, 6.45) is 5.87. The Labute approximate surface area is 165 Å². The number of nitrogens with two attached hydrogens (primary N) is 1. The highest BCUT2D eigenvalue weighted by Crippen LogP contribution is 2.38. The highest BCUT2D eigenvalue weighted by Gasteiger charge is 2.32. The molecule has 0 saturated heterocycles. The van der Waals surface area contributed by atoms with Crippen molar-refractivity contribution in [3.8, 4) is 0 Å². The van der Waals surface area contributed by atoms with E-state index in [9.17, 15) is 14.4 Å². The fourth-order valence-corrected chi connectivity index (χ4v) is 3.33. The average Bonchev–Trinajstić information content (AvgIpc) is 2.67. The van der Waals surface area contributed by atoms with Crippen LogP contribution in [0.15, 0.2) is 24.3 Å². The second-order valence-electron chi connectivity index (χ2n) is 6.83. The maximum absolute atomic E-state index is 12.4. The van der Waals surface area contributed by atoms with Crippen molar-refractivity contribution in [3.63, 3.8) is 0 Å². The van der Waals surface area contributed by atoms with E-state index in [2.05, 4.69) is 15.4 Å². The molecule has 7 nitrogen and oxygen atoms in total. The normalized spacial score (nSPS) is 15.2. The van der Waals surface area contributed by atoms with E-state index in [1.165, 1.54) is 13.5 Å². The first-order chi connectivity index (χ1) is 12.5. The van der Waals surface area contributed by atoms with Crippen LogP contribution in [0.1, 0.15) is 48.9 Å². The molecule has 8 heteroatoms. The minimum absolute atomic E-state index is 0. The third-order valence-corrected chi connectivity index (χ3v) is 4.93. The molecule has 0 bridgehead atoms. The minimum Gasteiger partial charge on any atom is -0.468 e. The summed E-state index contributed by atoms with van der Waals surface area (Å²) >= 11 is 0.